The quantitative estimate of drug-likeness (QED) is 0.852. The van der Waals surface area contributed by atoms with E-state index in [2.05, 4.69) is 28.9 Å². The van der Waals surface area contributed by atoms with Crippen LogP contribution in [-0.2, 0) is 6.61 Å². The van der Waals surface area contributed by atoms with Gasteiger partial charge in [0.05, 0.1) is 6.61 Å². The third-order valence-electron chi connectivity index (χ3n) is 3.58. The van der Waals surface area contributed by atoms with E-state index in [-0.39, 0.29) is 6.61 Å². The number of rotatable bonds is 3. The molecular weight excluding hydrogens is 214 g/mol. The molecule has 0 unspecified atom stereocenters. The van der Waals surface area contributed by atoms with Gasteiger partial charge in [0.1, 0.15) is 0 Å². The molecule has 0 radical (unpaired) electrons. The summed E-state index contributed by atoms with van der Waals surface area (Å²) in [6.07, 6.45) is 5.92. The van der Waals surface area contributed by atoms with Crippen LogP contribution in [-0.4, -0.2) is 48.2 Å². The molecule has 1 fully saturated rings. The monoisotopic (exact) mass is 235 g/mol. The summed E-state index contributed by atoms with van der Waals surface area (Å²) >= 11 is 0. The molecule has 0 atom stereocenters. The molecule has 4 heteroatoms. The molecule has 0 aliphatic carbocycles. The summed E-state index contributed by atoms with van der Waals surface area (Å²) in [4.78, 5) is 8.72. The third kappa shape index (κ3) is 2.76. The molecule has 1 N–H and O–H groups in total. The highest BCUT2D eigenvalue weighted by Gasteiger charge is 2.21. The van der Waals surface area contributed by atoms with Crippen molar-refractivity contribution in [3.63, 3.8) is 0 Å². The summed E-state index contributed by atoms with van der Waals surface area (Å²) < 4.78 is 0. The fourth-order valence-electron chi connectivity index (χ4n) is 2.47. The Morgan fingerprint density at radius 1 is 1.41 bits per heavy atom. The van der Waals surface area contributed by atoms with Crippen molar-refractivity contribution in [2.24, 2.45) is 0 Å². The zero-order valence-electron chi connectivity index (χ0n) is 10.6. The highest BCUT2D eigenvalue weighted by molar-refractivity contribution is 5.52. The minimum absolute atomic E-state index is 0.0663. The van der Waals surface area contributed by atoms with Crippen LogP contribution in [0.25, 0.3) is 0 Å². The molecule has 4 nitrogen and oxygen atoms in total. The average molecular weight is 235 g/mol. The van der Waals surface area contributed by atoms with Gasteiger partial charge in [-0.2, -0.15) is 0 Å². The molecule has 1 aliphatic heterocycles. The van der Waals surface area contributed by atoms with Gasteiger partial charge in [-0.1, -0.05) is 0 Å². The Kier molecular flexibility index (Phi) is 3.97. The number of hydrogen-bond acceptors (Lipinski definition) is 4. The van der Waals surface area contributed by atoms with Gasteiger partial charge in [0.2, 0.25) is 0 Å². The molecule has 94 valence electrons. The maximum atomic E-state index is 9.31. The van der Waals surface area contributed by atoms with Crippen molar-refractivity contribution < 1.29 is 5.11 Å². The highest BCUT2D eigenvalue weighted by atomic mass is 16.3. The second kappa shape index (κ2) is 5.47. The second-order valence-corrected chi connectivity index (χ2v) is 4.84. The van der Waals surface area contributed by atoms with Crippen LogP contribution in [0.3, 0.4) is 0 Å². The fourth-order valence-corrected chi connectivity index (χ4v) is 2.47. The molecular formula is C13H21N3O. The van der Waals surface area contributed by atoms with Crippen molar-refractivity contribution in [3.8, 4) is 0 Å². The first-order valence-electron chi connectivity index (χ1n) is 6.17. The minimum Gasteiger partial charge on any atom is -0.392 e. The van der Waals surface area contributed by atoms with Gasteiger partial charge in [0.25, 0.3) is 0 Å². The Hall–Kier alpha value is -1.13. The largest absolute Gasteiger partial charge is 0.392 e. The number of nitrogens with zero attached hydrogens (tertiary/aromatic N) is 3. The number of aromatic nitrogens is 1. The summed E-state index contributed by atoms with van der Waals surface area (Å²) in [5.41, 5.74) is 2.07. The van der Waals surface area contributed by atoms with E-state index >= 15 is 0 Å². The molecule has 0 amide bonds. The van der Waals surface area contributed by atoms with Gasteiger partial charge in [0.15, 0.2) is 0 Å². The van der Waals surface area contributed by atoms with Crippen LogP contribution in [0.15, 0.2) is 18.5 Å². The molecule has 0 spiro atoms. The first-order valence-corrected chi connectivity index (χ1v) is 6.17. The van der Waals surface area contributed by atoms with Gasteiger partial charge < -0.3 is 14.9 Å². The summed E-state index contributed by atoms with van der Waals surface area (Å²) in [5, 5.41) is 9.31. The Morgan fingerprint density at radius 2 is 2.12 bits per heavy atom. The van der Waals surface area contributed by atoms with Crippen LogP contribution in [0.5, 0.6) is 0 Å². The lowest BCUT2D eigenvalue weighted by Gasteiger charge is -2.37. The van der Waals surface area contributed by atoms with E-state index in [1.165, 1.54) is 12.8 Å². The van der Waals surface area contributed by atoms with Crippen LogP contribution in [0, 0.1) is 0 Å². The lowest BCUT2D eigenvalue weighted by Crippen LogP contribution is -2.42. The maximum absolute atomic E-state index is 9.31. The van der Waals surface area contributed by atoms with Gasteiger partial charge in [-0.25, -0.2) is 0 Å². The summed E-state index contributed by atoms with van der Waals surface area (Å²) in [5.74, 6) is 0. The Morgan fingerprint density at radius 3 is 2.71 bits per heavy atom. The van der Waals surface area contributed by atoms with Crippen molar-refractivity contribution in [2.45, 2.75) is 25.5 Å². The SMILES string of the molecule is CN(C)C1CCN(c2ccncc2CO)CC1. The van der Waals surface area contributed by atoms with Crippen molar-refractivity contribution in [2.75, 3.05) is 32.1 Å². The van der Waals surface area contributed by atoms with Gasteiger partial charge in [-0.15, -0.1) is 0 Å². The van der Waals surface area contributed by atoms with Gasteiger partial charge in [-0.3, -0.25) is 4.98 Å². The summed E-state index contributed by atoms with van der Waals surface area (Å²) in [6.45, 7) is 2.18. The molecule has 0 bridgehead atoms. The zero-order valence-corrected chi connectivity index (χ0v) is 10.6. The molecule has 0 aromatic carbocycles. The lowest BCUT2D eigenvalue weighted by molar-refractivity contribution is 0.248. The lowest BCUT2D eigenvalue weighted by atomic mass is 10.0. The first kappa shape index (κ1) is 12.3. The van der Waals surface area contributed by atoms with Crippen molar-refractivity contribution in [3.05, 3.63) is 24.0 Å². The van der Waals surface area contributed by atoms with E-state index in [1.54, 1.807) is 12.4 Å². The maximum Gasteiger partial charge on any atom is 0.0717 e. The average Bonchev–Trinajstić information content (AvgIpc) is 2.39. The molecule has 1 aromatic heterocycles. The van der Waals surface area contributed by atoms with Crippen molar-refractivity contribution >= 4 is 5.69 Å². The summed E-state index contributed by atoms with van der Waals surface area (Å²) in [6, 6.07) is 2.69. The molecule has 1 aliphatic rings. The Balaban J connectivity index is 2.05. The van der Waals surface area contributed by atoms with Crippen molar-refractivity contribution in [1.29, 1.82) is 0 Å². The number of pyridine rings is 1. The molecule has 17 heavy (non-hydrogen) atoms. The van der Waals surface area contributed by atoms with Crippen molar-refractivity contribution in [1.82, 2.24) is 9.88 Å². The smallest absolute Gasteiger partial charge is 0.0717 e. The van der Waals surface area contributed by atoms with E-state index in [0.29, 0.717) is 6.04 Å². The van der Waals surface area contributed by atoms with Crippen LogP contribution in [0.2, 0.25) is 0 Å². The number of aliphatic hydroxyl groups excluding tert-OH is 1. The van der Waals surface area contributed by atoms with Crippen LogP contribution >= 0.6 is 0 Å². The predicted molar refractivity (Wildman–Crippen MR) is 69.1 cm³/mol. The topological polar surface area (TPSA) is 39.6 Å². The van der Waals surface area contributed by atoms with Gasteiger partial charge >= 0.3 is 0 Å². The number of aliphatic hydroxyl groups is 1. The van der Waals surface area contributed by atoms with Crippen LogP contribution < -0.4 is 4.90 Å². The number of anilines is 1. The Bertz CT molecular complexity index is 359. The second-order valence-electron chi connectivity index (χ2n) is 4.84. The van der Waals surface area contributed by atoms with E-state index in [1.807, 2.05) is 6.07 Å². The highest BCUT2D eigenvalue weighted by Crippen LogP contribution is 2.24. The minimum atomic E-state index is 0.0663. The standard InChI is InChI=1S/C13H21N3O/c1-15(2)12-4-7-16(8-5-12)13-3-6-14-9-11(13)10-17/h3,6,9,12,17H,4-5,7-8,10H2,1-2H3. The van der Waals surface area contributed by atoms with E-state index in [0.717, 1.165) is 24.3 Å². The fraction of sp³-hybridized carbons (Fsp3) is 0.615. The number of piperidine rings is 1. The van der Waals surface area contributed by atoms with E-state index in [4.69, 9.17) is 0 Å². The zero-order chi connectivity index (χ0) is 12.3. The normalized spacial score (nSPS) is 17.8. The molecule has 2 heterocycles. The third-order valence-corrected chi connectivity index (χ3v) is 3.58. The molecule has 1 aromatic rings. The molecule has 0 saturated carbocycles. The molecule has 1 saturated heterocycles. The Labute approximate surface area is 103 Å². The number of hydrogen-bond donors (Lipinski definition) is 1. The van der Waals surface area contributed by atoms with E-state index < -0.39 is 0 Å². The van der Waals surface area contributed by atoms with E-state index in [9.17, 15) is 5.11 Å². The summed E-state index contributed by atoms with van der Waals surface area (Å²) in [7, 11) is 4.29. The molecule has 2 rings (SSSR count). The van der Waals surface area contributed by atoms with Gasteiger partial charge in [0, 0.05) is 42.8 Å². The predicted octanol–water partition coefficient (Wildman–Crippen LogP) is 1.10. The van der Waals surface area contributed by atoms with Gasteiger partial charge in [-0.05, 0) is 33.0 Å². The first-order chi connectivity index (χ1) is 8.22. The van der Waals surface area contributed by atoms with Crippen LogP contribution in [0.4, 0.5) is 5.69 Å². The van der Waals surface area contributed by atoms with Crippen LogP contribution in [0.1, 0.15) is 18.4 Å².